The molecule has 0 saturated carbocycles. The molecule has 19 heavy (non-hydrogen) atoms. The third-order valence-electron chi connectivity index (χ3n) is 2.60. The first-order valence-corrected chi connectivity index (χ1v) is 5.17. The molecule has 0 aliphatic heterocycles. The van der Waals surface area contributed by atoms with Crippen LogP contribution in [-0.4, -0.2) is 33.5 Å². The van der Waals surface area contributed by atoms with Crippen molar-refractivity contribution in [2.75, 3.05) is 6.54 Å². The molecule has 102 valence electrons. The van der Waals surface area contributed by atoms with Crippen LogP contribution in [-0.2, 0) is 4.79 Å². The van der Waals surface area contributed by atoms with E-state index >= 15 is 0 Å². The fourth-order valence-electron chi connectivity index (χ4n) is 1.60. The quantitative estimate of drug-likeness (QED) is 0.559. The van der Waals surface area contributed by atoms with Gasteiger partial charge in [-0.3, -0.25) is 25.0 Å². The second-order valence-electron chi connectivity index (χ2n) is 3.83. The summed E-state index contributed by atoms with van der Waals surface area (Å²) in [5.74, 6) is -2.42. The van der Waals surface area contributed by atoms with Crippen LogP contribution >= 0.6 is 0 Å². The predicted octanol–water partition coefficient (Wildman–Crippen LogP) is 0.367. The number of hydrogen-bond acceptors (Lipinski definition) is 6. The summed E-state index contributed by atoms with van der Waals surface area (Å²) in [6.07, 6.45) is 0. The molecule has 0 radical (unpaired) electrons. The second kappa shape index (κ2) is 5.87. The van der Waals surface area contributed by atoms with E-state index in [2.05, 4.69) is 0 Å². The van der Waals surface area contributed by atoms with Gasteiger partial charge in [-0.1, -0.05) is 12.1 Å². The molecule has 9 nitrogen and oxygen atoms in total. The Morgan fingerprint density at radius 3 is 2.16 bits per heavy atom. The third-order valence-corrected chi connectivity index (χ3v) is 2.60. The van der Waals surface area contributed by atoms with Crippen molar-refractivity contribution >= 4 is 11.7 Å². The maximum atomic E-state index is 10.8. The Hall–Kier alpha value is -2.55. The molecule has 9 heteroatoms. The van der Waals surface area contributed by atoms with Gasteiger partial charge in [-0.25, -0.2) is 0 Å². The second-order valence-corrected chi connectivity index (χ2v) is 3.83. The zero-order chi connectivity index (χ0) is 14.6. The van der Waals surface area contributed by atoms with Crippen LogP contribution in [0.2, 0.25) is 0 Å². The van der Waals surface area contributed by atoms with E-state index in [0.717, 1.165) is 12.1 Å². The summed E-state index contributed by atoms with van der Waals surface area (Å²) in [5, 5.41) is 29.8. The van der Waals surface area contributed by atoms with Crippen molar-refractivity contribution in [3.8, 4) is 0 Å². The number of nitro groups is 2. The van der Waals surface area contributed by atoms with Gasteiger partial charge in [-0.15, -0.1) is 0 Å². The first-order chi connectivity index (χ1) is 8.82. The van der Waals surface area contributed by atoms with Gasteiger partial charge in [-0.05, 0) is 5.56 Å². The lowest BCUT2D eigenvalue weighted by molar-refractivity contribution is -0.483. The lowest BCUT2D eigenvalue weighted by Crippen LogP contribution is -2.39. The van der Waals surface area contributed by atoms with Crippen molar-refractivity contribution in [1.82, 2.24) is 0 Å². The summed E-state index contributed by atoms with van der Waals surface area (Å²) in [4.78, 5) is 30.5. The van der Waals surface area contributed by atoms with Crippen LogP contribution in [0.25, 0.3) is 0 Å². The van der Waals surface area contributed by atoms with Gasteiger partial charge in [0.2, 0.25) is 6.54 Å². The maximum Gasteiger partial charge on any atom is 0.321 e. The number of carbonyl (C=O) groups is 1. The van der Waals surface area contributed by atoms with Gasteiger partial charge in [0.05, 0.1) is 10.8 Å². The van der Waals surface area contributed by atoms with Crippen LogP contribution in [0.15, 0.2) is 24.3 Å². The number of aliphatic carboxylic acids is 1. The monoisotopic (exact) mass is 269 g/mol. The van der Waals surface area contributed by atoms with Crippen molar-refractivity contribution in [3.05, 3.63) is 50.1 Å². The molecule has 1 aromatic carbocycles. The van der Waals surface area contributed by atoms with Crippen LogP contribution in [0.4, 0.5) is 5.69 Å². The summed E-state index contributed by atoms with van der Waals surface area (Å²) in [6, 6.07) is 3.39. The van der Waals surface area contributed by atoms with Crippen molar-refractivity contribution < 1.29 is 19.7 Å². The Morgan fingerprint density at radius 2 is 1.79 bits per heavy atom. The Morgan fingerprint density at radius 1 is 1.26 bits per heavy atom. The molecule has 0 bridgehead atoms. The van der Waals surface area contributed by atoms with E-state index in [0.29, 0.717) is 0 Å². The summed E-state index contributed by atoms with van der Waals surface area (Å²) < 4.78 is 0. The van der Waals surface area contributed by atoms with E-state index < -0.39 is 34.3 Å². The van der Waals surface area contributed by atoms with Gasteiger partial charge in [0, 0.05) is 17.1 Å². The number of rotatable bonds is 6. The molecule has 1 aromatic rings. The molecule has 0 aromatic heterocycles. The molecule has 2 atom stereocenters. The smallest absolute Gasteiger partial charge is 0.321 e. The molecule has 1 rings (SSSR count). The Bertz CT molecular complexity index is 500. The van der Waals surface area contributed by atoms with Gasteiger partial charge in [-0.2, -0.15) is 0 Å². The van der Waals surface area contributed by atoms with Crippen molar-refractivity contribution in [1.29, 1.82) is 0 Å². The molecule has 0 fully saturated rings. The zero-order valence-electron chi connectivity index (χ0n) is 9.63. The van der Waals surface area contributed by atoms with Gasteiger partial charge in [0.1, 0.15) is 6.04 Å². The normalized spacial score (nSPS) is 13.5. The van der Waals surface area contributed by atoms with Crippen molar-refractivity contribution in [2.24, 2.45) is 5.73 Å². The topological polar surface area (TPSA) is 150 Å². The number of carboxylic acid groups (broad SMARTS) is 1. The number of carboxylic acids is 1. The number of hydrogen-bond donors (Lipinski definition) is 2. The Labute approximate surface area is 106 Å². The van der Waals surface area contributed by atoms with E-state index in [1.54, 1.807) is 0 Å². The first-order valence-electron chi connectivity index (χ1n) is 5.17. The number of nitro benzene ring substituents is 1. The molecule has 3 N–H and O–H groups in total. The van der Waals surface area contributed by atoms with E-state index in [4.69, 9.17) is 10.8 Å². The summed E-state index contributed by atoms with van der Waals surface area (Å²) in [7, 11) is 0. The average Bonchev–Trinajstić information content (AvgIpc) is 2.35. The van der Waals surface area contributed by atoms with Crippen LogP contribution < -0.4 is 5.73 Å². The molecular formula is C10H11N3O6. The highest BCUT2D eigenvalue weighted by atomic mass is 16.6. The summed E-state index contributed by atoms with van der Waals surface area (Å²) in [5.41, 5.74) is 5.49. The van der Waals surface area contributed by atoms with Crippen LogP contribution in [0.5, 0.6) is 0 Å². The van der Waals surface area contributed by atoms with Gasteiger partial charge in [0.25, 0.3) is 5.69 Å². The number of nitrogens with zero attached hydrogens (tertiary/aromatic N) is 2. The van der Waals surface area contributed by atoms with E-state index in [9.17, 15) is 25.0 Å². The molecule has 0 unspecified atom stereocenters. The number of benzene rings is 1. The van der Waals surface area contributed by atoms with Crippen LogP contribution in [0, 0.1) is 20.2 Å². The SMILES string of the molecule is N[C@H](C(=O)O)[C@H](C[N+](=O)[O-])c1ccc([N+](=O)[O-])cc1. The zero-order valence-corrected chi connectivity index (χ0v) is 9.63. The number of non-ortho nitro benzene ring substituents is 1. The molecule has 0 amide bonds. The van der Waals surface area contributed by atoms with E-state index in [1.807, 2.05) is 0 Å². The lowest BCUT2D eigenvalue weighted by Gasteiger charge is -2.17. The highest BCUT2D eigenvalue weighted by Crippen LogP contribution is 2.22. The molecular weight excluding hydrogens is 258 g/mol. The highest BCUT2D eigenvalue weighted by molar-refractivity contribution is 5.74. The number of nitrogens with two attached hydrogens (primary N) is 1. The van der Waals surface area contributed by atoms with Crippen molar-refractivity contribution in [3.63, 3.8) is 0 Å². The van der Waals surface area contributed by atoms with E-state index in [1.165, 1.54) is 12.1 Å². The standard InChI is InChI=1S/C10H11N3O6/c11-9(10(14)15)8(5-12(16)17)6-1-3-7(4-2-6)13(18)19/h1-4,8-9H,5,11H2,(H,14,15)/t8-,9+/m1/s1. The minimum atomic E-state index is -1.45. The minimum absolute atomic E-state index is 0.188. The van der Waals surface area contributed by atoms with Crippen LogP contribution in [0.1, 0.15) is 11.5 Å². The molecule has 0 spiro atoms. The largest absolute Gasteiger partial charge is 0.480 e. The predicted molar refractivity (Wildman–Crippen MR) is 63.3 cm³/mol. The third kappa shape index (κ3) is 3.71. The van der Waals surface area contributed by atoms with Gasteiger partial charge < -0.3 is 10.8 Å². The first kappa shape index (κ1) is 14.5. The van der Waals surface area contributed by atoms with Gasteiger partial charge in [0.15, 0.2) is 0 Å². The minimum Gasteiger partial charge on any atom is -0.480 e. The average molecular weight is 269 g/mol. The molecule has 0 aliphatic rings. The fourth-order valence-corrected chi connectivity index (χ4v) is 1.60. The lowest BCUT2D eigenvalue weighted by atomic mass is 9.92. The highest BCUT2D eigenvalue weighted by Gasteiger charge is 2.30. The van der Waals surface area contributed by atoms with Gasteiger partial charge >= 0.3 is 5.97 Å². The maximum absolute atomic E-state index is 10.8. The molecule has 0 heterocycles. The van der Waals surface area contributed by atoms with E-state index in [-0.39, 0.29) is 11.3 Å². The Balaban J connectivity index is 3.06. The molecule has 0 saturated heterocycles. The summed E-state index contributed by atoms with van der Waals surface area (Å²) in [6.45, 7) is -0.661. The Kier molecular flexibility index (Phi) is 4.48. The summed E-state index contributed by atoms with van der Waals surface area (Å²) >= 11 is 0. The fraction of sp³-hybridized carbons (Fsp3) is 0.300. The van der Waals surface area contributed by atoms with Crippen molar-refractivity contribution in [2.45, 2.75) is 12.0 Å². The molecule has 0 aliphatic carbocycles. The van der Waals surface area contributed by atoms with Crippen LogP contribution in [0.3, 0.4) is 0 Å².